The molecule has 1 aliphatic carbocycles. The molecule has 1 aromatic heterocycles. The number of anilines is 1. The first-order valence-corrected chi connectivity index (χ1v) is 7.34. The van der Waals surface area contributed by atoms with E-state index < -0.39 is 0 Å². The van der Waals surface area contributed by atoms with Crippen molar-refractivity contribution in [2.45, 2.75) is 52.1 Å². The van der Waals surface area contributed by atoms with Crippen LogP contribution in [0.3, 0.4) is 0 Å². The van der Waals surface area contributed by atoms with Crippen molar-refractivity contribution in [1.29, 1.82) is 0 Å². The first kappa shape index (κ1) is 14.8. The van der Waals surface area contributed by atoms with Crippen molar-refractivity contribution in [2.24, 2.45) is 0 Å². The van der Waals surface area contributed by atoms with Crippen LogP contribution >= 0.6 is 0 Å². The van der Waals surface area contributed by atoms with Crippen LogP contribution in [0.1, 0.15) is 48.8 Å². The Morgan fingerprint density at radius 1 is 1.55 bits per heavy atom. The van der Waals surface area contributed by atoms with Gasteiger partial charge in [-0.3, -0.25) is 9.48 Å². The van der Waals surface area contributed by atoms with Crippen LogP contribution in [0.25, 0.3) is 0 Å². The third-order valence-corrected chi connectivity index (χ3v) is 4.01. The fraction of sp³-hybridized carbons (Fsp3) is 0.714. The molecule has 0 spiro atoms. The summed E-state index contributed by atoms with van der Waals surface area (Å²) < 4.78 is 1.68. The topological polar surface area (TPSA) is 84.4 Å². The van der Waals surface area contributed by atoms with Gasteiger partial charge >= 0.3 is 0 Å². The molecule has 0 atom stereocenters. The SMILES string of the molecule is CCn1nc(C)c(N)c1C(=O)N(CCCO)C1CCC1. The minimum Gasteiger partial charge on any atom is -0.396 e. The van der Waals surface area contributed by atoms with E-state index in [1.165, 1.54) is 0 Å². The zero-order chi connectivity index (χ0) is 14.7. The number of amides is 1. The number of carbonyl (C=O) groups excluding carboxylic acids is 1. The first-order valence-electron chi connectivity index (χ1n) is 7.34. The normalized spacial score (nSPS) is 15.2. The van der Waals surface area contributed by atoms with E-state index in [9.17, 15) is 4.79 Å². The van der Waals surface area contributed by atoms with Gasteiger partial charge in [0.25, 0.3) is 5.91 Å². The van der Waals surface area contributed by atoms with Gasteiger partial charge in [-0.15, -0.1) is 0 Å². The summed E-state index contributed by atoms with van der Waals surface area (Å²) in [5.74, 6) is -0.0527. The molecule has 0 saturated heterocycles. The van der Waals surface area contributed by atoms with Gasteiger partial charge in [-0.2, -0.15) is 5.10 Å². The van der Waals surface area contributed by atoms with Crippen molar-refractivity contribution < 1.29 is 9.90 Å². The molecule has 6 nitrogen and oxygen atoms in total. The predicted octanol–water partition coefficient (Wildman–Crippen LogP) is 1.17. The number of nitrogen functional groups attached to an aromatic ring is 1. The molecule has 20 heavy (non-hydrogen) atoms. The second kappa shape index (κ2) is 6.26. The highest BCUT2D eigenvalue weighted by atomic mass is 16.3. The molecule has 3 N–H and O–H groups in total. The first-order chi connectivity index (χ1) is 9.60. The second-order valence-electron chi connectivity index (χ2n) is 5.32. The zero-order valence-corrected chi connectivity index (χ0v) is 12.3. The maximum Gasteiger partial charge on any atom is 0.274 e. The van der Waals surface area contributed by atoms with Crippen LogP contribution in [0.2, 0.25) is 0 Å². The molecule has 2 rings (SSSR count). The summed E-state index contributed by atoms with van der Waals surface area (Å²) in [5, 5.41) is 13.3. The van der Waals surface area contributed by atoms with Crippen LogP contribution < -0.4 is 5.73 Å². The Bertz CT molecular complexity index is 480. The van der Waals surface area contributed by atoms with Crippen LogP contribution in [0.15, 0.2) is 0 Å². The van der Waals surface area contributed by atoms with E-state index in [0.717, 1.165) is 19.3 Å². The van der Waals surface area contributed by atoms with E-state index in [2.05, 4.69) is 5.10 Å². The maximum absolute atomic E-state index is 12.8. The fourth-order valence-electron chi connectivity index (χ4n) is 2.58. The number of nitrogens with two attached hydrogens (primary N) is 1. The molecule has 0 aromatic carbocycles. The third-order valence-electron chi connectivity index (χ3n) is 4.01. The van der Waals surface area contributed by atoms with E-state index >= 15 is 0 Å². The number of nitrogens with zero attached hydrogens (tertiary/aromatic N) is 3. The van der Waals surface area contributed by atoms with Gasteiger partial charge in [0.1, 0.15) is 5.69 Å². The summed E-state index contributed by atoms with van der Waals surface area (Å²) in [6.07, 6.45) is 3.84. The van der Waals surface area contributed by atoms with Gasteiger partial charge in [-0.1, -0.05) is 0 Å². The number of hydrogen-bond donors (Lipinski definition) is 2. The van der Waals surface area contributed by atoms with Gasteiger partial charge in [0.05, 0.1) is 11.4 Å². The average molecular weight is 280 g/mol. The van der Waals surface area contributed by atoms with E-state index in [0.29, 0.717) is 36.6 Å². The molecule has 1 fully saturated rings. The van der Waals surface area contributed by atoms with Crippen molar-refractivity contribution in [3.05, 3.63) is 11.4 Å². The number of aliphatic hydroxyl groups is 1. The lowest BCUT2D eigenvalue weighted by Crippen LogP contribution is -2.45. The van der Waals surface area contributed by atoms with E-state index in [4.69, 9.17) is 10.8 Å². The molecule has 1 heterocycles. The van der Waals surface area contributed by atoms with Crippen LogP contribution in [0.5, 0.6) is 0 Å². The molecule has 1 saturated carbocycles. The third kappa shape index (κ3) is 2.65. The monoisotopic (exact) mass is 280 g/mol. The minimum atomic E-state index is -0.0527. The molecule has 1 amide bonds. The van der Waals surface area contributed by atoms with Gasteiger partial charge in [0.2, 0.25) is 0 Å². The molecule has 6 heteroatoms. The Morgan fingerprint density at radius 2 is 2.25 bits per heavy atom. The van der Waals surface area contributed by atoms with Crippen molar-refractivity contribution in [1.82, 2.24) is 14.7 Å². The summed E-state index contributed by atoms with van der Waals surface area (Å²) in [5.41, 5.74) is 7.70. The van der Waals surface area contributed by atoms with Crippen LogP contribution in [-0.2, 0) is 6.54 Å². The Labute approximate surface area is 119 Å². The molecule has 0 radical (unpaired) electrons. The largest absolute Gasteiger partial charge is 0.396 e. The molecule has 112 valence electrons. The Morgan fingerprint density at radius 3 is 2.75 bits per heavy atom. The minimum absolute atomic E-state index is 0.0527. The summed E-state index contributed by atoms with van der Waals surface area (Å²) >= 11 is 0. The summed E-state index contributed by atoms with van der Waals surface area (Å²) in [6.45, 7) is 5.06. The standard InChI is InChI=1S/C14H24N4O2/c1-3-18-13(12(15)10(2)16-18)14(20)17(8-5-9-19)11-6-4-7-11/h11,19H,3-9,15H2,1-2H3. The second-order valence-corrected chi connectivity index (χ2v) is 5.32. The highest BCUT2D eigenvalue weighted by Crippen LogP contribution is 2.28. The highest BCUT2D eigenvalue weighted by Gasteiger charge is 2.32. The molecular formula is C14H24N4O2. The predicted molar refractivity (Wildman–Crippen MR) is 77.4 cm³/mol. The lowest BCUT2D eigenvalue weighted by molar-refractivity contribution is 0.0551. The molecule has 1 aliphatic rings. The molecule has 1 aromatic rings. The highest BCUT2D eigenvalue weighted by molar-refractivity contribution is 5.98. The Hall–Kier alpha value is -1.56. The van der Waals surface area contributed by atoms with Crippen molar-refractivity contribution in [3.8, 4) is 0 Å². The van der Waals surface area contributed by atoms with Gasteiger partial charge in [0.15, 0.2) is 0 Å². The van der Waals surface area contributed by atoms with Crippen LogP contribution in [-0.4, -0.2) is 44.9 Å². The molecule has 0 aliphatic heterocycles. The van der Waals surface area contributed by atoms with Crippen LogP contribution in [0.4, 0.5) is 5.69 Å². The van der Waals surface area contributed by atoms with E-state index in [1.807, 2.05) is 18.7 Å². The van der Waals surface area contributed by atoms with Gasteiger partial charge in [-0.25, -0.2) is 0 Å². The summed E-state index contributed by atoms with van der Waals surface area (Å²) in [7, 11) is 0. The number of rotatable bonds is 6. The summed E-state index contributed by atoms with van der Waals surface area (Å²) in [4.78, 5) is 14.7. The van der Waals surface area contributed by atoms with Crippen molar-refractivity contribution >= 4 is 11.6 Å². The smallest absolute Gasteiger partial charge is 0.274 e. The van der Waals surface area contributed by atoms with Crippen molar-refractivity contribution in [2.75, 3.05) is 18.9 Å². The Kier molecular flexibility index (Phi) is 4.65. The zero-order valence-electron chi connectivity index (χ0n) is 12.3. The quantitative estimate of drug-likeness (QED) is 0.819. The van der Waals surface area contributed by atoms with E-state index in [-0.39, 0.29) is 18.6 Å². The molecule has 0 bridgehead atoms. The lowest BCUT2D eigenvalue weighted by Gasteiger charge is -2.37. The number of aryl methyl sites for hydroxylation is 2. The number of aromatic nitrogens is 2. The van der Waals surface area contributed by atoms with Gasteiger partial charge in [0, 0.05) is 25.7 Å². The van der Waals surface area contributed by atoms with Gasteiger partial charge in [-0.05, 0) is 39.5 Å². The number of aliphatic hydroxyl groups excluding tert-OH is 1. The number of carbonyl (C=O) groups is 1. The number of hydrogen-bond acceptors (Lipinski definition) is 4. The average Bonchev–Trinajstić information content (AvgIpc) is 2.67. The van der Waals surface area contributed by atoms with Crippen LogP contribution in [0, 0.1) is 6.92 Å². The summed E-state index contributed by atoms with van der Waals surface area (Å²) in [6, 6.07) is 0.286. The Balaban J connectivity index is 2.26. The lowest BCUT2D eigenvalue weighted by atomic mass is 9.91. The maximum atomic E-state index is 12.8. The van der Waals surface area contributed by atoms with Gasteiger partial charge < -0.3 is 15.7 Å². The molecular weight excluding hydrogens is 256 g/mol. The fourth-order valence-corrected chi connectivity index (χ4v) is 2.58. The van der Waals surface area contributed by atoms with E-state index in [1.54, 1.807) is 4.68 Å². The molecule has 0 unspecified atom stereocenters. The van der Waals surface area contributed by atoms with Crippen molar-refractivity contribution in [3.63, 3.8) is 0 Å².